The van der Waals surface area contributed by atoms with E-state index in [0.29, 0.717) is 26.2 Å². The number of carboxylic acids is 1. The lowest BCUT2D eigenvalue weighted by molar-refractivity contribution is -0.258. The van der Waals surface area contributed by atoms with Gasteiger partial charge in [-0.05, 0) is 59.4 Å². The minimum absolute atomic E-state index is 0.214. The predicted octanol–water partition coefficient (Wildman–Crippen LogP) is 4.60. The summed E-state index contributed by atoms with van der Waals surface area (Å²) in [7, 11) is 0. The summed E-state index contributed by atoms with van der Waals surface area (Å²) in [6, 6.07) is 14.8. The summed E-state index contributed by atoms with van der Waals surface area (Å²) in [5, 5.41) is 19.7. The Hall–Kier alpha value is -3.27. The number of pyridine rings is 1. The highest BCUT2D eigenvalue weighted by atomic mass is 19.4. The van der Waals surface area contributed by atoms with E-state index in [1.807, 2.05) is 42.2 Å². The SMILES string of the molecule is Cc1cc(CN2CCN(Cc3ccncc3)[C@@H](C(=O)O)C2)ccc1-c1ccc(C(C)(O)C(F)(F)F)cc1. The van der Waals surface area contributed by atoms with Gasteiger partial charge in [-0.15, -0.1) is 0 Å². The third-order valence-corrected chi connectivity index (χ3v) is 7.00. The summed E-state index contributed by atoms with van der Waals surface area (Å²) in [4.78, 5) is 20.1. The van der Waals surface area contributed by atoms with E-state index in [9.17, 15) is 28.2 Å². The highest BCUT2D eigenvalue weighted by molar-refractivity contribution is 5.74. The lowest BCUT2D eigenvalue weighted by Gasteiger charge is -2.39. The van der Waals surface area contributed by atoms with Crippen molar-refractivity contribution >= 4 is 5.97 Å². The second-order valence-corrected chi connectivity index (χ2v) is 9.71. The molecule has 3 aromatic rings. The van der Waals surface area contributed by atoms with Gasteiger partial charge in [-0.25, -0.2) is 0 Å². The number of halogens is 3. The molecule has 0 amide bonds. The number of benzene rings is 2. The summed E-state index contributed by atoms with van der Waals surface area (Å²) >= 11 is 0. The number of nitrogens with zero attached hydrogens (tertiary/aromatic N) is 3. The molecule has 1 saturated heterocycles. The Morgan fingerprint density at radius 3 is 2.27 bits per heavy atom. The van der Waals surface area contributed by atoms with Crippen molar-refractivity contribution in [2.24, 2.45) is 0 Å². The van der Waals surface area contributed by atoms with Crippen LogP contribution in [-0.2, 0) is 23.5 Å². The monoisotopic (exact) mass is 513 g/mol. The van der Waals surface area contributed by atoms with Gasteiger partial charge in [0, 0.05) is 45.1 Å². The fourth-order valence-corrected chi connectivity index (χ4v) is 4.71. The number of aromatic nitrogens is 1. The molecule has 2 aromatic carbocycles. The average molecular weight is 514 g/mol. The fourth-order valence-electron chi connectivity index (χ4n) is 4.71. The van der Waals surface area contributed by atoms with Gasteiger partial charge in [0.1, 0.15) is 6.04 Å². The van der Waals surface area contributed by atoms with E-state index < -0.39 is 23.8 Å². The van der Waals surface area contributed by atoms with Gasteiger partial charge in [-0.2, -0.15) is 13.2 Å². The molecule has 1 aliphatic heterocycles. The molecule has 6 nitrogen and oxygen atoms in total. The van der Waals surface area contributed by atoms with Crippen molar-refractivity contribution < 1.29 is 28.2 Å². The summed E-state index contributed by atoms with van der Waals surface area (Å²) in [6.07, 6.45) is -1.36. The van der Waals surface area contributed by atoms with E-state index in [0.717, 1.165) is 41.3 Å². The molecule has 1 aliphatic rings. The highest BCUT2D eigenvalue weighted by Crippen LogP contribution is 2.39. The molecule has 2 atom stereocenters. The Balaban J connectivity index is 1.43. The molecule has 0 spiro atoms. The molecular weight excluding hydrogens is 483 g/mol. The Kier molecular flexibility index (Phi) is 7.68. The number of piperazine rings is 1. The Morgan fingerprint density at radius 2 is 1.68 bits per heavy atom. The molecule has 196 valence electrons. The van der Waals surface area contributed by atoms with Crippen LogP contribution in [0.3, 0.4) is 0 Å². The van der Waals surface area contributed by atoms with Crippen LogP contribution in [-0.4, -0.2) is 62.8 Å². The lowest BCUT2D eigenvalue weighted by atomic mass is 9.92. The van der Waals surface area contributed by atoms with Gasteiger partial charge < -0.3 is 10.2 Å². The minimum atomic E-state index is -4.77. The molecule has 9 heteroatoms. The van der Waals surface area contributed by atoms with Gasteiger partial charge in [0.25, 0.3) is 0 Å². The molecule has 0 aliphatic carbocycles. The van der Waals surface area contributed by atoms with Gasteiger partial charge in [0.15, 0.2) is 5.60 Å². The van der Waals surface area contributed by atoms with Crippen molar-refractivity contribution in [2.45, 2.75) is 44.8 Å². The predicted molar refractivity (Wildman–Crippen MR) is 134 cm³/mol. The number of carbonyl (C=O) groups is 1. The second-order valence-electron chi connectivity index (χ2n) is 9.71. The molecular formula is C28H30F3N3O3. The van der Waals surface area contributed by atoms with Crippen LogP contribution in [0.5, 0.6) is 0 Å². The first-order valence-corrected chi connectivity index (χ1v) is 12.0. The summed E-state index contributed by atoms with van der Waals surface area (Å²) < 4.78 is 39.4. The van der Waals surface area contributed by atoms with E-state index >= 15 is 0 Å². The van der Waals surface area contributed by atoms with Crippen molar-refractivity contribution in [3.8, 4) is 11.1 Å². The first-order valence-electron chi connectivity index (χ1n) is 12.0. The summed E-state index contributed by atoms with van der Waals surface area (Å²) in [5.74, 6) is -0.849. The van der Waals surface area contributed by atoms with Crippen LogP contribution in [0, 0.1) is 6.92 Å². The normalized spacial score (nSPS) is 18.9. The Labute approximate surface area is 214 Å². The fraction of sp³-hybridized carbons (Fsp3) is 0.357. The maximum atomic E-state index is 13.1. The maximum absolute atomic E-state index is 13.1. The number of rotatable bonds is 7. The van der Waals surface area contributed by atoms with Gasteiger partial charge in [0.05, 0.1) is 0 Å². The van der Waals surface area contributed by atoms with Crippen LogP contribution in [0.1, 0.15) is 29.2 Å². The Morgan fingerprint density at radius 1 is 1.00 bits per heavy atom. The molecule has 0 bridgehead atoms. The lowest BCUT2D eigenvalue weighted by Crippen LogP contribution is -2.55. The number of aliphatic carboxylic acids is 1. The molecule has 4 rings (SSSR count). The number of alkyl halides is 3. The molecule has 0 saturated carbocycles. The van der Waals surface area contributed by atoms with Gasteiger partial charge in [-0.1, -0.05) is 42.5 Å². The number of carboxylic acid groups (broad SMARTS) is 1. The minimum Gasteiger partial charge on any atom is -0.480 e. The Bertz CT molecular complexity index is 1230. The molecule has 0 radical (unpaired) electrons. The molecule has 1 aromatic heterocycles. The smallest absolute Gasteiger partial charge is 0.421 e. The van der Waals surface area contributed by atoms with E-state index in [4.69, 9.17) is 0 Å². The average Bonchev–Trinajstić information content (AvgIpc) is 2.85. The number of aryl methyl sites for hydroxylation is 1. The zero-order chi connectivity index (χ0) is 26.8. The first-order chi connectivity index (χ1) is 17.5. The molecule has 2 N–H and O–H groups in total. The zero-order valence-corrected chi connectivity index (χ0v) is 20.7. The largest absolute Gasteiger partial charge is 0.480 e. The van der Waals surface area contributed by atoms with Crippen LogP contribution in [0.15, 0.2) is 67.0 Å². The molecule has 37 heavy (non-hydrogen) atoms. The van der Waals surface area contributed by atoms with E-state index in [-0.39, 0.29) is 5.56 Å². The van der Waals surface area contributed by atoms with Crippen LogP contribution in [0.4, 0.5) is 13.2 Å². The highest BCUT2D eigenvalue weighted by Gasteiger charge is 2.51. The second kappa shape index (κ2) is 10.6. The van der Waals surface area contributed by atoms with Crippen molar-refractivity contribution in [3.05, 3.63) is 89.2 Å². The van der Waals surface area contributed by atoms with E-state index in [2.05, 4.69) is 9.88 Å². The standard InChI is InChI=1S/C28H30F3N3O3/c1-19-15-21(3-8-24(19)22-4-6-23(7-5-22)27(2,37)28(29,30)31)16-33-13-14-34(25(18-33)26(35)36)17-20-9-11-32-12-10-20/h3-12,15,25,37H,13-14,16-18H2,1-2H3,(H,35,36)/t25-,27?/m1/s1. The van der Waals surface area contributed by atoms with Crippen LogP contribution in [0.2, 0.25) is 0 Å². The van der Waals surface area contributed by atoms with Crippen LogP contribution >= 0.6 is 0 Å². The van der Waals surface area contributed by atoms with Crippen molar-refractivity contribution in [1.82, 2.24) is 14.8 Å². The summed E-state index contributed by atoms with van der Waals surface area (Å²) in [5.41, 5.74) is 1.52. The van der Waals surface area contributed by atoms with Gasteiger partial charge in [-0.3, -0.25) is 19.6 Å². The summed E-state index contributed by atoms with van der Waals surface area (Å²) in [6.45, 7) is 5.60. The topological polar surface area (TPSA) is 76.9 Å². The zero-order valence-electron chi connectivity index (χ0n) is 20.7. The van der Waals surface area contributed by atoms with Gasteiger partial charge in [0.2, 0.25) is 0 Å². The van der Waals surface area contributed by atoms with Crippen LogP contribution < -0.4 is 0 Å². The third kappa shape index (κ3) is 6.01. The van der Waals surface area contributed by atoms with Crippen molar-refractivity contribution in [2.75, 3.05) is 19.6 Å². The molecule has 2 heterocycles. The maximum Gasteiger partial charge on any atom is 0.421 e. The van der Waals surface area contributed by atoms with Gasteiger partial charge >= 0.3 is 12.1 Å². The van der Waals surface area contributed by atoms with Crippen molar-refractivity contribution in [3.63, 3.8) is 0 Å². The molecule has 1 fully saturated rings. The van der Waals surface area contributed by atoms with E-state index in [1.54, 1.807) is 24.5 Å². The number of aliphatic hydroxyl groups is 1. The quantitative estimate of drug-likeness (QED) is 0.481. The van der Waals surface area contributed by atoms with Crippen molar-refractivity contribution in [1.29, 1.82) is 0 Å². The van der Waals surface area contributed by atoms with Crippen LogP contribution in [0.25, 0.3) is 11.1 Å². The third-order valence-electron chi connectivity index (χ3n) is 7.00. The first kappa shape index (κ1) is 26.8. The number of hydrogen-bond acceptors (Lipinski definition) is 5. The molecule has 1 unspecified atom stereocenters. The number of hydrogen-bond donors (Lipinski definition) is 2. The van der Waals surface area contributed by atoms with E-state index in [1.165, 1.54) is 12.1 Å².